The summed E-state index contributed by atoms with van der Waals surface area (Å²) < 4.78 is 5.28. The summed E-state index contributed by atoms with van der Waals surface area (Å²) >= 11 is 0. The Balaban J connectivity index is 1.37. The number of nitrogens with zero attached hydrogens (tertiary/aromatic N) is 3. The van der Waals surface area contributed by atoms with Gasteiger partial charge in [0, 0.05) is 55.0 Å². The van der Waals surface area contributed by atoms with E-state index in [0.29, 0.717) is 25.1 Å². The minimum absolute atomic E-state index is 0.0612. The molecule has 156 valence electrons. The molecule has 2 aromatic carbocycles. The van der Waals surface area contributed by atoms with E-state index in [1.54, 1.807) is 11.1 Å². The first-order valence-electron chi connectivity index (χ1n) is 10.4. The molecule has 4 aromatic rings. The number of carbonyl (C=O) groups is 1. The number of hydrogen-bond acceptors (Lipinski definition) is 5. The number of β-amino-alcohol motifs (C(OH)–C–C–N with tert-alkyl or cyclic N) is 1. The third kappa shape index (κ3) is 3.82. The molecule has 0 spiro atoms. The van der Waals surface area contributed by atoms with Crippen LogP contribution in [0.2, 0.25) is 0 Å². The summed E-state index contributed by atoms with van der Waals surface area (Å²) in [5, 5.41) is 16.5. The van der Waals surface area contributed by atoms with Gasteiger partial charge in [-0.1, -0.05) is 35.5 Å². The van der Waals surface area contributed by atoms with Crippen LogP contribution in [0, 0.1) is 12.8 Å². The molecule has 1 aliphatic rings. The van der Waals surface area contributed by atoms with Gasteiger partial charge in [-0.25, -0.2) is 0 Å². The average Bonchev–Trinajstić information content (AvgIpc) is 3.38. The lowest BCUT2D eigenvalue weighted by molar-refractivity contribution is 0.0765. The van der Waals surface area contributed by atoms with Gasteiger partial charge in [0.15, 0.2) is 0 Å². The Hall–Kier alpha value is -3.51. The highest BCUT2D eigenvalue weighted by atomic mass is 16.5. The second kappa shape index (κ2) is 7.96. The fourth-order valence-corrected chi connectivity index (χ4v) is 4.36. The van der Waals surface area contributed by atoms with Crippen LogP contribution in [-0.2, 0) is 6.42 Å². The fourth-order valence-electron chi connectivity index (χ4n) is 4.36. The zero-order chi connectivity index (χ0) is 21.4. The Morgan fingerprint density at radius 3 is 2.84 bits per heavy atom. The van der Waals surface area contributed by atoms with Gasteiger partial charge in [0.25, 0.3) is 5.91 Å². The van der Waals surface area contributed by atoms with E-state index >= 15 is 0 Å². The van der Waals surface area contributed by atoms with E-state index in [0.717, 1.165) is 33.4 Å². The van der Waals surface area contributed by atoms with Crippen molar-refractivity contribution < 1.29 is 14.4 Å². The van der Waals surface area contributed by atoms with E-state index in [1.807, 2.05) is 61.7 Å². The molecule has 1 fully saturated rings. The van der Waals surface area contributed by atoms with Crippen molar-refractivity contribution in [2.45, 2.75) is 19.4 Å². The number of aryl methyl sites for hydroxylation is 1. The van der Waals surface area contributed by atoms with Crippen molar-refractivity contribution >= 4 is 16.7 Å². The normalized spacial score (nSPS) is 18.6. The monoisotopic (exact) mass is 413 g/mol. The Bertz CT molecular complexity index is 1240. The summed E-state index contributed by atoms with van der Waals surface area (Å²) in [4.78, 5) is 19.1. The van der Waals surface area contributed by atoms with Crippen LogP contribution in [0.3, 0.4) is 0 Å². The molecule has 0 saturated carbocycles. The lowest BCUT2D eigenvalue weighted by atomic mass is 9.97. The summed E-state index contributed by atoms with van der Waals surface area (Å²) in [6.45, 7) is 2.69. The lowest BCUT2D eigenvalue weighted by Crippen LogP contribution is -2.29. The van der Waals surface area contributed by atoms with E-state index in [2.05, 4.69) is 16.2 Å². The van der Waals surface area contributed by atoms with Gasteiger partial charge in [-0.15, -0.1) is 0 Å². The van der Waals surface area contributed by atoms with Gasteiger partial charge in [0.05, 0.1) is 11.8 Å². The summed E-state index contributed by atoms with van der Waals surface area (Å²) in [6, 6.07) is 17.7. The molecule has 5 rings (SSSR count). The number of benzene rings is 2. The third-order valence-corrected chi connectivity index (χ3v) is 5.93. The van der Waals surface area contributed by atoms with Crippen LogP contribution >= 0.6 is 0 Å². The molecule has 1 N–H and O–H groups in total. The summed E-state index contributed by atoms with van der Waals surface area (Å²) in [5.74, 6) is 0.613. The number of aliphatic hydroxyl groups excluding tert-OH is 1. The Morgan fingerprint density at radius 1 is 1.16 bits per heavy atom. The molecule has 0 bridgehead atoms. The minimum atomic E-state index is -0.577. The molecule has 3 heterocycles. The van der Waals surface area contributed by atoms with Crippen LogP contribution in [0.1, 0.15) is 21.8 Å². The molecule has 1 aliphatic heterocycles. The summed E-state index contributed by atoms with van der Waals surface area (Å²) in [7, 11) is 0. The summed E-state index contributed by atoms with van der Waals surface area (Å²) in [6.07, 6.45) is 3.59. The number of pyridine rings is 1. The van der Waals surface area contributed by atoms with Crippen LogP contribution in [0.5, 0.6) is 0 Å². The van der Waals surface area contributed by atoms with Crippen LogP contribution in [0.25, 0.3) is 21.9 Å². The number of carbonyl (C=O) groups excluding carboxylic acids is 1. The third-order valence-electron chi connectivity index (χ3n) is 5.93. The number of amides is 1. The van der Waals surface area contributed by atoms with Crippen LogP contribution in [0.4, 0.5) is 0 Å². The number of fused-ring (bicyclic) bond motifs is 1. The number of rotatable bonds is 4. The van der Waals surface area contributed by atoms with Crippen molar-refractivity contribution in [1.82, 2.24) is 15.0 Å². The molecule has 0 unspecified atom stereocenters. The Labute approximate surface area is 180 Å². The first kappa shape index (κ1) is 19.5. The maximum Gasteiger partial charge on any atom is 0.253 e. The zero-order valence-corrected chi connectivity index (χ0v) is 17.2. The molecule has 1 amide bonds. The maximum atomic E-state index is 13.2. The molecular formula is C25H23N3O3. The number of likely N-dealkylation sites (tertiary alicyclic amines) is 1. The van der Waals surface area contributed by atoms with E-state index in [-0.39, 0.29) is 11.8 Å². The minimum Gasteiger partial charge on any atom is -0.391 e. The second-order valence-electron chi connectivity index (χ2n) is 8.16. The van der Waals surface area contributed by atoms with E-state index < -0.39 is 6.10 Å². The largest absolute Gasteiger partial charge is 0.391 e. The number of aliphatic hydroxyl groups is 1. The van der Waals surface area contributed by atoms with Gasteiger partial charge in [0.1, 0.15) is 5.76 Å². The quantitative estimate of drug-likeness (QED) is 0.549. The fraction of sp³-hybridized carbons (Fsp3) is 0.240. The molecule has 2 atom stereocenters. The zero-order valence-electron chi connectivity index (χ0n) is 17.2. The average molecular weight is 413 g/mol. The van der Waals surface area contributed by atoms with Crippen molar-refractivity contribution in [3.63, 3.8) is 0 Å². The predicted octanol–water partition coefficient (Wildman–Crippen LogP) is 3.87. The van der Waals surface area contributed by atoms with Crippen molar-refractivity contribution in [1.29, 1.82) is 0 Å². The Kier molecular flexibility index (Phi) is 5.00. The summed E-state index contributed by atoms with van der Waals surface area (Å²) in [5.41, 5.74) is 3.57. The van der Waals surface area contributed by atoms with Crippen LogP contribution in [0.15, 0.2) is 71.5 Å². The van der Waals surface area contributed by atoms with Crippen LogP contribution < -0.4 is 0 Å². The molecule has 0 aliphatic carbocycles. The van der Waals surface area contributed by atoms with E-state index in [4.69, 9.17) is 4.52 Å². The standard InChI is InChI=1S/C25H23N3O3/c1-16-10-21(31-27-16)12-20-14-28(15-24(20)29)25(30)18-7-8-23-17(11-18)4-2-6-22(23)19-5-3-9-26-13-19/h2-11,13,20,24,29H,12,14-15H2,1H3/t20-,24+/m1/s1. The van der Waals surface area contributed by atoms with Crippen molar-refractivity contribution in [3.8, 4) is 11.1 Å². The first-order valence-corrected chi connectivity index (χ1v) is 10.4. The lowest BCUT2D eigenvalue weighted by Gasteiger charge is -2.17. The Morgan fingerprint density at radius 2 is 2.06 bits per heavy atom. The molecule has 31 heavy (non-hydrogen) atoms. The van der Waals surface area contributed by atoms with E-state index in [9.17, 15) is 9.90 Å². The van der Waals surface area contributed by atoms with Gasteiger partial charge in [-0.05, 0) is 41.5 Å². The first-order chi connectivity index (χ1) is 15.1. The second-order valence-corrected chi connectivity index (χ2v) is 8.16. The molecule has 1 saturated heterocycles. The molecule has 2 aromatic heterocycles. The number of hydrogen-bond donors (Lipinski definition) is 1. The predicted molar refractivity (Wildman–Crippen MR) is 118 cm³/mol. The van der Waals surface area contributed by atoms with Gasteiger partial charge in [-0.3, -0.25) is 9.78 Å². The van der Waals surface area contributed by atoms with Crippen molar-refractivity contribution in [3.05, 3.63) is 84.0 Å². The maximum absolute atomic E-state index is 13.2. The van der Waals surface area contributed by atoms with Crippen LogP contribution in [-0.4, -0.2) is 45.2 Å². The van der Waals surface area contributed by atoms with E-state index in [1.165, 1.54) is 0 Å². The van der Waals surface area contributed by atoms with Gasteiger partial charge in [-0.2, -0.15) is 0 Å². The van der Waals surface area contributed by atoms with Gasteiger partial charge >= 0.3 is 0 Å². The van der Waals surface area contributed by atoms with Gasteiger partial charge in [0.2, 0.25) is 0 Å². The number of aromatic nitrogens is 2. The highest BCUT2D eigenvalue weighted by Crippen LogP contribution is 2.30. The highest BCUT2D eigenvalue weighted by molar-refractivity contribution is 6.02. The van der Waals surface area contributed by atoms with Crippen molar-refractivity contribution in [2.75, 3.05) is 13.1 Å². The van der Waals surface area contributed by atoms with Crippen molar-refractivity contribution in [2.24, 2.45) is 5.92 Å². The highest BCUT2D eigenvalue weighted by Gasteiger charge is 2.35. The molecular weight excluding hydrogens is 390 g/mol. The molecule has 6 nitrogen and oxygen atoms in total. The van der Waals surface area contributed by atoms with Gasteiger partial charge < -0.3 is 14.5 Å². The SMILES string of the molecule is Cc1cc(C[C@@H]2CN(C(=O)c3ccc4c(-c5cccnc5)cccc4c3)C[C@@H]2O)on1. The smallest absolute Gasteiger partial charge is 0.253 e. The molecule has 0 radical (unpaired) electrons. The molecule has 6 heteroatoms. The topological polar surface area (TPSA) is 79.5 Å².